The zero-order valence-corrected chi connectivity index (χ0v) is 13.8. The first kappa shape index (κ1) is 18.4. The molecule has 0 aliphatic heterocycles. The molecule has 1 rings (SSSR count). The number of rotatable bonds is 6. The van der Waals surface area contributed by atoms with E-state index >= 15 is 0 Å². The van der Waals surface area contributed by atoms with Gasteiger partial charge in [-0.1, -0.05) is 25.1 Å². The summed E-state index contributed by atoms with van der Waals surface area (Å²) in [6.45, 7) is 7.34. The van der Waals surface area contributed by atoms with Crippen LogP contribution in [0.1, 0.15) is 39.7 Å². The number of alkyl carbamates (subject to hydrolysis) is 1. The lowest BCUT2D eigenvalue weighted by atomic mass is 9.79. The molecule has 124 valence electrons. The van der Waals surface area contributed by atoms with Crippen molar-refractivity contribution >= 4 is 6.09 Å². The Kier molecular flexibility index (Phi) is 6.35. The van der Waals surface area contributed by atoms with Crippen molar-refractivity contribution in [2.24, 2.45) is 5.41 Å². The van der Waals surface area contributed by atoms with Gasteiger partial charge in [0, 0.05) is 12.0 Å². The van der Waals surface area contributed by atoms with Gasteiger partial charge in [0.05, 0.1) is 6.61 Å². The molecule has 1 amide bonds. The van der Waals surface area contributed by atoms with Crippen molar-refractivity contribution in [3.8, 4) is 0 Å². The molecule has 0 heterocycles. The van der Waals surface area contributed by atoms with Crippen molar-refractivity contribution in [2.45, 2.75) is 46.1 Å². The highest BCUT2D eigenvalue weighted by Gasteiger charge is 2.30. The number of aliphatic hydroxyl groups excluding tert-OH is 1. The van der Waals surface area contributed by atoms with Gasteiger partial charge in [0.25, 0.3) is 0 Å². The smallest absolute Gasteiger partial charge is 0.407 e. The Balaban J connectivity index is 2.75. The summed E-state index contributed by atoms with van der Waals surface area (Å²) in [5.74, 6) is -0.300. The minimum absolute atomic E-state index is 0.145. The predicted octanol–water partition coefficient (Wildman–Crippen LogP) is 3.28. The first-order chi connectivity index (χ1) is 10.2. The first-order valence-corrected chi connectivity index (χ1v) is 7.52. The summed E-state index contributed by atoms with van der Waals surface area (Å²) in [6.07, 6.45) is 0.420. The van der Waals surface area contributed by atoms with E-state index in [0.29, 0.717) is 18.4 Å². The highest BCUT2D eigenvalue weighted by Crippen LogP contribution is 2.27. The summed E-state index contributed by atoms with van der Waals surface area (Å²) >= 11 is 0. The Morgan fingerprint density at radius 2 is 1.95 bits per heavy atom. The van der Waals surface area contributed by atoms with Gasteiger partial charge in [-0.15, -0.1) is 0 Å². The Bertz CT molecular complexity index is 493. The molecule has 1 aromatic carbocycles. The molecular formula is C17H26FNO3. The van der Waals surface area contributed by atoms with Gasteiger partial charge in [-0.25, -0.2) is 9.18 Å². The Morgan fingerprint density at radius 1 is 1.32 bits per heavy atom. The zero-order valence-electron chi connectivity index (χ0n) is 13.8. The van der Waals surface area contributed by atoms with Gasteiger partial charge < -0.3 is 15.2 Å². The van der Waals surface area contributed by atoms with E-state index < -0.39 is 17.1 Å². The maximum Gasteiger partial charge on any atom is 0.407 e. The normalized spacial score (nSPS) is 14.3. The van der Waals surface area contributed by atoms with Crippen LogP contribution in [0, 0.1) is 11.2 Å². The Morgan fingerprint density at radius 3 is 2.45 bits per heavy atom. The van der Waals surface area contributed by atoms with E-state index in [4.69, 9.17) is 4.74 Å². The Hall–Kier alpha value is -1.62. The van der Waals surface area contributed by atoms with Crippen LogP contribution >= 0.6 is 0 Å². The minimum atomic E-state index is -0.612. The molecule has 0 aliphatic carbocycles. The van der Waals surface area contributed by atoms with Crippen LogP contribution in [0.3, 0.4) is 0 Å². The van der Waals surface area contributed by atoms with E-state index in [9.17, 15) is 14.3 Å². The maximum atomic E-state index is 13.8. The first-order valence-electron chi connectivity index (χ1n) is 7.52. The molecule has 1 atom stereocenters. The molecule has 0 saturated carbocycles. The summed E-state index contributed by atoms with van der Waals surface area (Å²) in [5.41, 5.74) is -0.660. The summed E-state index contributed by atoms with van der Waals surface area (Å²) < 4.78 is 19.0. The van der Waals surface area contributed by atoms with Gasteiger partial charge in [0.15, 0.2) is 0 Å². The lowest BCUT2D eigenvalue weighted by molar-refractivity contribution is 0.0460. The van der Waals surface area contributed by atoms with Crippen LogP contribution in [0.5, 0.6) is 0 Å². The maximum absolute atomic E-state index is 13.8. The second kappa shape index (κ2) is 7.58. The number of amides is 1. The van der Waals surface area contributed by atoms with Crippen molar-refractivity contribution < 1.29 is 19.0 Å². The number of hydrogen-bond acceptors (Lipinski definition) is 3. The number of halogens is 1. The van der Waals surface area contributed by atoms with Gasteiger partial charge in [0.2, 0.25) is 0 Å². The molecule has 0 saturated heterocycles. The van der Waals surface area contributed by atoms with Gasteiger partial charge in [-0.05, 0) is 45.2 Å². The van der Waals surface area contributed by atoms with Crippen LogP contribution in [0.25, 0.3) is 0 Å². The van der Waals surface area contributed by atoms with Gasteiger partial charge in [0.1, 0.15) is 11.4 Å². The van der Waals surface area contributed by atoms with Gasteiger partial charge in [-0.3, -0.25) is 0 Å². The highest BCUT2D eigenvalue weighted by molar-refractivity contribution is 5.67. The predicted molar refractivity (Wildman–Crippen MR) is 84.2 cm³/mol. The monoisotopic (exact) mass is 311 g/mol. The summed E-state index contributed by atoms with van der Waals surface area (Å²) in [5, 5.41) is 12.4. The van der Waals surface area contributed by atoms with Crippen LogP contribution in [-0.2, 0) is 11.2 Å². The molecule has 5 heteroatoms. The highest BCUT2D eigenvalue weighted by atomic mass is 19.1. The molecule has 0 radical (unpaired) electrons. The van der Waals surface area contributed by atoms with E-state index in [0.717, 1.165) is 0 Å². The minimum Gasteiger partial charge on any atom is -0.444 e. The molecule has 22 heavy (non-hydrogen) atoms. The molecule has 1 aromatic rings. The van der Waals surface area contributed by atoms with Crippen molar-refractivity contribution in [2.75, 3.05) is 13.2 Å². The second-order valence-corrected chi connectivity index (χ2v) is 6.64. The SMILES string of the molecule is CCC(CO)(CNC(=O)OC(C)(C)C)Cc1ccccc1F. The summed E-state index contributed by atoms with van der Waals surface area (Å²) in [6, 6.07) is 6.49. The third kappa shape index (κ3) is 5.64. The topological polar surface area (TPSA) is 58.6 Å². The fourth-order valence-corrected chi connectivity index (χ4v) is 2.16. The van der Waals surface area contributed by atoms with Gasteiger partial charge in [-0.2, -0.15) is 0 Å². The largest absolute Gasteiger partial charge is 0.444 e. The van der Waals surface area contributed by atoms with Gasteiger partial charge >= 0.3 is 6.09 Å². The molecular weight excluding hydrogens is 285 g/mol. The lowest BCUT2D eigenvalue weighted by Crippen LogP contribution is -2.43. The van der Waals surface area contributed by atoms with E-state index in [1.54, 1.807) is 39.0 Å². The number of hydrogen-bond donors (Lipinski definition) is 2. The third-order valence-corrected chi connectivity index (χ3v) is 3.62. The fraction of sp³-hybridized carbons (Fsp3) is 0.588. The van der Waals surface area contributed by atoms with E-state index in [1.165, 1.54) is 6.07 Å². The molecule has 0 fully saturated rings. The number of carbonyl (C=O) groups is 1. The molecule has 1 unspecified atom stereocenters. The number of ether oxygens (including phenoxy) is 1. The number of nitrogens with one attached hydrogen (secondary N) is 1. The molecule has 0 aromatic heterocycles. The summed E-state index contributed by atoms with van der Waals surface area (Å²) in [7, 11) is 0. The van der Waals surface area contributed by atoms with Crippen molar-refractivity contribution in [3.63, 3.8) is 0 Å². The van der Waals surface area contributed by atoms with Crippen molar-refractivity contribution in [3.05, 3.63) is 35.6 Å². The third-order valence-electron chi connectivity index (χ3n) is 3.62. The molecule has 0 bridgehead atoms. The van der Waals surface area contributed by atoms with E-state index in [2.05, 4.69) is 5.32 Å². The fourth-order valence-electron chi connectivity index (χ4n) is 2.16. The molecule has 0 spiro atoms. The van der Waals surface area contributed by atoms with Crippen molar-refractivity contribution in [1.82, 2.24) is 5.32 Å². The Labute approximate surface area is 131 Å². The van der Waals surface area contributed by atoms with Crippen LogP contribution in [0.15, 0.2) is 24.3 Å². The molecule has 0 aliphatic rings. The molecule has 4 nitrogen and oxygen atoms in total. The van der Waals surface area contributed by atoms with Crippen LogP contribution in [0.4, 0.5) is 9.18 Å². The number of carbonyl (C=O) groups excluding carboxylic acids is 1. The number of benzene rings is 1. The standard InChI is InChI=1S/C17H26FNO3/c1-5-17(12-20,10-13-8-6-7-9-14(13)18)11-19-15(21)22-16(2,3)4/h6-9,20H,5,10-12H2,1-4H3,(H,19,21). The lowest BCUT2D eigenvalue weighted by Gasteiger charge is -2.31. The average molecular weight is 311 g/mol. The zero-order chi connectivity index (χ0) is 16.8. The quantitative estimate of drug-likeness (QED) is 0.847. The van der Waals surface area contributed by atoms with Crippen LogP contribution in [0.2, 0.25) is 0 Å². The van der Waals surface area contributed by atoms with E-state index in [1.807, 2.05) is 6.92 Å². The average Bonchev–Trinajstić information content (AvgIpc) is 2.44. The second-order valence-electron chi connectivity index (χ2n) is 6.64. The number of aliphatic hydroxyl groups is 1. The summed E-state index contributed by atoms with van der Waals surface area (Å²) in [4.78, 5) is 11.8. The van der Waals surface area contributed by atoms with Crippen molar-refractivity contribution in [1.29, 1.82) is 0 Å². The molecule has 2 N–H and O–H groups in total. The van der Waals surface area contributed by atoms with E-state index in [-0.39, 0.29) is 19.0 Å². The van der Waals surface area contributed by atoms with Crippen LogP contribution in [-0.4, -0.2) is 30.0 Å². The van der Waals surface area contributed by atoms with Crippen LogP contribution < -0.4 is 5.32 Å².